The SMILES string of the molecule is CS(=O)(=O)Nc1cc(O)cc(C(O)CNCCOc2ccc3c(c2)[nH]c2ccccc23)c1.Cl. The van der Waals surface area contributed by atoms with Gasteiger partial charge in [0, 0.05) is 41.5 Å². The maximum atomic E-state index is 11.4. The average Bonchev–Trinajstić information content (AvgIpc) is 3.09. The van der Waals surface area contributed by atoms with Crippen molar-refractivity contribution in [1.82, 2.24) is 10.3 Å². The van der Waals surface area contributed by atoms with Crippen molar-refractivity contribution in [2.75, 3.05) is 30.7 Å². The van der Waals surface area contributed by atoms with E-state index in [1.54, 1.807) is 0 Å². The second-order valence-corrected chi connectivity index (χ2v) is 9.38. The van der Waals surface area contributed by atoms with E-state index in [9.17, 15) is 18.6 Å². The molecule has 8 nitrogen and oxygen atoms in total. The number of nitrogens with one attached hydrogen (secondary N) is 3. The summed E-state index contributed by atoms with van der Waals surface area (Å²) < 4.78 is 30.9. The molecule has 0 aliphatic rings. The molecule has 33 heavy (non-hydrogen) atoms. The van der Waals surface area contributed by atoms with Gasteiger partial charge in [0.25, 0.3) is 0 Å². The maximum absolute atomic E-state index is 11.4. The van der Waals surface area contributed by atoms with Crippen LogP contribution in [0.2, 0.25) is 0 Å². The molecule has 1 aromatic heterocycles. The number of fused-ring (bicyclic) bond motifs is 3. The van der Waals surface area contributed by atoms with E-state index in [1.807, 2.05) is 36.4 Å². The zero-order valence-corrected chi connectivity index (χ0v) is 19.5. The van der Waals surface area contributed by atoms with E-state index in [0.717, 1.165) is 28.4 Å². The molecule has 0 aliphatic carbocycles. The van der Waals surface area contributed by atoms with Crippen LogP contribution in [0.1, 0.15) is 11.7 Å². The second kappa shape index (κ2) is 10.3. The Bertz CT molecular complexity index is 1360. The Labute approximate surface area is 198 Å². The number of phenolic OH excluding ortho intramolecular Hbond substituents is 1. The van der Waals surface area contributed by atoms with E-state index in [1.165, 1.54) is 23.6 Å². The van der Waals surface area contributed by atoms with E-state index in [4.69, 9.17) is 4.74 Å². The largest absolute Gasteiger partial charge is 0.508 e. The highest BCUT2D eigenvalue weighted by atomic mass is 35.5. The number of aromatic amines is 1. The zero-order chi connectivity index (χ0) is 22.7. The molecule has 176 valence electrons. The normalized spacial score (nSPS) is 12.4. The number of sulfonamides is 1. The molecule has 4 rings (SSSR count). The summed E-state index contributed by atoms with van der Waals surface area (Å²) in [5.74, 6) is 0.610. The third kappa shape index (κ3) is 6.29. The third-order valence-electron chi connectivity index (χ3n) is 4.99. The Morgan fingerprint density at radius 2 is 1.79 bits per heavy atom. The molecule has 0 saturated heterocycles. The molecule has 0 fully saturated rings. The Kier molecular flexibility index (Phi) is 7.70. The van der Waals surface area contributed by atoms with Crippen molar-refractivity contribution in [2.45, 2.75) is 6.10 Å². The van der Waals surface area contributed by atoms with Crippen molar-refractivity contribution in [3.63, 3.8) is 0 Å². The van der Waals surface area contributed by atoms with E-state index in [0.29, 0.717) is 18.7 Å². The summed E-state index contributed by atoms with van der Waals surface area (Å²) in [6, 6.07) is 18.2. The van der Waals surface area contributed by atoms with Crippen molar-refractivity contribution >= 4 is 49.9 Å². The van der Waals surface area contributed by atoms with E-state index in [2.05, 4.69) is 21.1 Å². The summed E-state index contributed by atoms with van der Waals surface area (Å²) in [7, 11) is -3.49. The number of anilines is 1. The van der Waals surface area contributed by atoms with Crippen LogP contribution in [0.3, 0.4) is 0 Å². The highest BCUT2D eigenvalue weighted by molar-refractivity contribution is 7.92. The molecule has 1 heterocycles. The number of para-hydroxylation sites is 1. The molecule has 10 heteroatoms. The minimum atomic E-state index is -3.49. The van der Waals surface area contributed by atoms with E-state index in [-0.39, 0.29) is 30.4 Å². The van der Waals surface area contributed by atoms with Gasteiger partial charge in [0.05, 0.1) is 23.6 Å². The monoisotopic (exact) mass is 491 g/mol. The van der Waals surface area contributed by atoms with Crippen molar-refractivity contribution in [1.29, 1.82) is 0 Å². The van der Waals surface area contributed by atoms with Gasteiger partial charge in [-0.1, -0.05) is 18.2 Å². The maximum Gasteiger partial charge on any atom is 0.229 e. The molecule has 5 N–H and O–H groups in total. The number of halogens is 1. The number of H-pyrrole nitrogens is 1. The number of benzene rings is 3. The summed E-state index contributed by atoms with van der Waals surface area (Å²) in [6.07, 6.45) is 0.0924. The Hall–Kier alpha value is -2.98. The van der Waals surface area contributed by atoms with Crippen molar-refractivity contribution in [3.8, 4) is 11.5 Å². The molecule has 4 aromatic rings. The van der Waals surface area contributed by atoms with Gasteiger partial charge >= 0.3 is 0 Å². The number of phenols is 1. The van der Waals surface area contributed by atoms with Crippen LogP contribution in [0.15, 0.2) is 60.7 Å². The molecule has 1 unspecified atom stereocenters. The predicted molar refractivity (Wildman–Crippen MR) is 133 cm³/mol. The summed E-state index contributed by atoms with van der Waals surface area (Å²) in [5, 5.41) is 25.6. The van der Waals surface area contributed by atoms with Crippen molar-refractivity contribution < 1.29 is 23.4 Å². The molecular formula is C23H26ClN3O5S. The summed E-state index contributed by atoms with van der Waals surface area (Å²) >= 11 is 0. The lowest BCUT2D eigenvalue weighted by molar-refractivity contribution is 0.171. The topological polar surface area (TPSA) is 124 Å². The summed E-state index contributed by atoms with van der Waals surface area (Å²) in [6.45, 7) is 1.11. The van der Waals surface area contributed by atoms with Gasteiger partial charge in [0.1, 0.15) is 18.1 Å². The molecule has 0 saturated carbocycles. The van der Waals surface area contributed by atoms with Gasteiger partial charge in [-0.2, -0.15) is 0 Å². The zero-order valence-electron chi connectivity index (χ0n) is 17.9. The molecule has 0 radical (unpaired) electrons. The third-order valence-corrected chi connectivity index (χ3v) is 5.60. The molecule has 1 atom stereocenters. The molecule has 0 spiro atoms. The number of aliphatic hydroxyl groups is 1. The first-order valence-electron chi connectivity index (χ1n) is 10.1. The van der Waals surface area contributed by atoms with E-state index >= 15 is 0 Å². The molecule has 0 amide bonds. The number of hydrogen-bond acceptors (Lipinski definition) is 6. The predicted octanol–water partition coefficient (Wildman–Crippen LogP) is 3.52. The Morgan fingerprint density at radius 3 is 2.58 bits per heavy atom. The summed E-state index contributed by atoms with van der Waals surface area (Å²) in [5.41, 5.74) is 2.68. The van der Waals surface area contributed by atoms with Crippen molar-refractivity contribution in [2.24, 2.45) is 0 Å². The fraction of sp³-hybridized carbons (Fsp3) is 0.217. The van der Waals surface area contributed by atoms with Crippen LogP contribution >= 0.6 is 12.4 Å². The number of ether oxygens (including phenoxy) is 1. The molecular weight excluding hydrogens is 466 g/mol. The van der Waals surface area contributed by atoms with Crippen LogP contribution in [-0.2, 0) is 10.0 Å². The Balaban J connectivity index is 0.00000306. The van der Waals surface area contributed by atoms with Gasteiger partial charge in [0.15, 0.2) is 0 Å². The first-order valence-corrected chi connectivity index (χ1v) is 12.0. The number of aliphatic hydroxyl groups excluding tert-OH is 1. The number of aromatic hydroxyl groups is 1. The van der Waals surface area contributed by atoms with Gasteiger partial charge in [-0.15, -0.1) is 12.4 Å². The smallest absolute Gasteiger partial charge is 0.229 e. The van der Waals surface area contributed by atoms with Gasteiger partial charge in [-0.3, -0.25) is 4.72 Å². The lowest BCUT2D eigenvalue weighted by Gasteiger charge is -2.15. The quantitative estimate of drug-likeness (QED) is 0.228. The molecule has 3 aromatic carbocycles. The first-order chi connectivity index (χ1) is 15.3. The van der Waals surface area contributed by atoms with Crippen LogP contribution in [0, 0.1) is 0 Å². The van der Waals surface area contributed by atoms with Gasteiger partial charge in [0.2, 0.25) is 10.0 Å². The standard InChI is InChI=1S/C23H25N3O5S.ClH/c1-32(29,30)26-16-10-15(11-17(27)12-16)23(28)14-24-8-9-31-18-6-7-20-19-4-2-3-5-21(19)25-22(20)13-18;/h2-7,10-13,23-28H,8-9,14H2,1H3;1H. The molecule has 0 aliphatic heterocycles. The minimum absolute atomic E-state index is 0. The fourth-order valence-corrected chi connectivity index (χ4v) is 4.17. The summed E-state index contributed by atoms with van der Waals surface area (Å²) in [4.78, 5) is 3.38. The second-order valence-electron chi connectivity index (χ2n) is 7.63. The van der Waals surface area contributed by atoms with Gasteiger partial charge in [-0.05, 0) is 35.9 Å². The fourth-order valence-electron chi connectivity index (χ4n) is 3.62. The highest BCUT2D eigenvalue weighted by Gasteiger charge is 2.12. The van der Waals surface area contributed by atoms with Crippen molar-refractivity contribution in [3.05, 3.63) is 66.2 Å². The van der Waals surface area contributed by atoms with Crippen LogP contribution < -0.4 is 14.8 Å². The highest BCUT2D eigenvalue weighted by Crippen LogP contribution is 2.28. The number of aromatic nitrogens is 1. The number of hydrogen-bond donors (Lipinski definition) is 5. The first kappa shape index (κ1) is 24.7. The van der Waals surface area contributed by atoms with E-state index < -0.39 is 16.1 Å². The van der Waals surface area contributed by atoms with Gasteiger partial charge in [-0.25, -0.2) is 8.42 Å². The van der Waals surface area contributed by atoms with Crippen LogP contribution in [0.25, 0.3) is 21.8 Å². The lowest BCUT2D eigenvalue weighted by atomic mass is 10.1. The lowest BCUT2D eigenvalue weighted by Crippen LogP contribution is -2.26. The minimum Gasteiger partial charge on any atom is -0.508 e. The van der Waals surface area contributed by atoms with Crippen LogP contribution in [-0.4, -0.2) is 49.6 Å². The van der Waals surface area contributed by atoms with Crippen LogP contribution in [0.5, 0.6) is 11.5 Å². The average molecular weight is 492 g/mol. The Morgan fingerprint density at radius 1 is 1.03 bits per heavy atom. The van der Waals surface area contributed by atoms with Gasteiger partial charge < -0.3 is 25.3 Å². The number of rotatable bonds is 9. The molecule has 0 bridgehead atoms. The van der Waals surface area contributed by atoms with Crippen LogP contribution in [0.4, 0.5) is 5.69 Å².